The first-order chi connectivity index (χ1) is 13.9. The molecule has 158 valence electrons. The van der Waals surface area contributed by atoms with Gasteiger partial charge in [-0.05, 0) is 29.8 Å². The van der Waals surface area contributed by atoms with E-state index in [4.69, 9.17) is 9.47 Å². The normalized spacial score (nSPS) is 15.6. The van der Waals surface area contributed by atoms with Crippen molar-refractivity contribution in [2.24, 2.45) is 0 Å². The molecule has 1 fully saturated rings. The van der Waals surface area contributed by atoms with Gasteiger partial charge in [-0.1, -0.05) is 17.8 Å². The summed E-state index contributed by atoms with van der Waals surface area (Å²) in [5, 5.41) is 0.663. The zero-order valence-electron chi connectivity index (χ0n) is 15.6. The lowest BCUT2D eigenvalue weighted by atomic mass is 10.2. The van der Waals surface area contributed by atoms with E-state index in [2.05, 4.69) is 4.98 Å². The fourth-order valence-electron chi connectivity index (χ4n) is 2.69. The molecule has 6 nitrogen and oxygen atoms in total. The van der Waals surface area contributed by atoms with Crippen LogP contribution in [-0.4, -0.2) is 56.9 Å². The van der Waals surface area contributed by atoms with Gasteiger partial charge in [0, 0.05) is 25.0 Å². The number of alkyl halides is 2. The number of halogens is 2. The maximum Gasteiger partial charge on any atom is 0.289 e. The molecule has 1 aromatic heterocycles. The summed E-state index contributed by atoms with van der Waals surface area (Å²) in [6.07, 6.45) is 1.36. The van der Waals surface area contributed by atoms with E-state index < -0.39 is 15.8 Å². The van der Waals surface area contributed by atoms with Gasteiger partial charge in [0.1, 0.15) is 10.6 Å². The fraction of sp³-hybridized carbons (Fsp3) is 0.389. The van der Waals surface area contributed by atoms with E-state index >= 15 is 0 Å². The summed E-state index contributed by atoms with van der Waals surface area (Å²) in [7, 11) is -2.13. The first kappa shape index (κ1) is 22.3. The maximum atomic E-state index is 12.6. The molecule has 1 saturated heterocycles. The van der Waals surface area contributed by atoms with Gasteiger partial charge in [-0.15, -0.1) is 11.8 Å². The summed E-state index contributed by atoms with van der Waals surface area (Å²) >= 11 is 1.86. The van der Waals surface area contributed by atoms with Crippen molar-refractivity contribution >= 4 is 33.5 Å². The summed E-state index contributed by atoms with van der Waals surface area (Å²) in [4.78, 5) is 4.78. The first-order valence-corrected chi connectivity index (χ1v) is 12.0. The van der Waals surface area contributed by atoms with Crippen LogP contribution < -0.4 is 4.74 Å². The van der Waals surface area contributed by atoms with Crippen LogP contribution in [0.3, 0.4) is 0 Å². The molecule has 11 heteroatoms. The Labute approximate surface area is 177 Å². The maximum absolute atomic E-state index is 12.6. The number of aromatic nitrogens is 1. The highest BCUT2D eigenvalue weighted by atomic mass is 32.2. The number of sulfonamides is 1. The third-order valence-corrected chi connectivity index (χ3v) is 7.81. The summed E-state index contributed by atoms with van der Waals surface area (Å²) in [5.41, 5.74) is 0.886. The molecular formula is C18H20F2N2O4S3. The van der Waals surface area contributed by atoms with E-state index in [0.717, 1.165) is 5.56 Å². The van der Waals surface area contributed by atoms with Gasteiger partial charge in [0.05, 0.1) is 30.2 Å². The number of ether oxygens (including phenoxy) is 2. The molecule has 1 aromatic carbocycles. The van der Waals surface area contributed by atoms with Crippen LogP contribution in [-0.2, 0) is 20.5 Å². The van der Waals surface area contributed by atoms with E-state index in [1.165, 1.54) is 29.4 Å². The second-order valence-corrected chi connectivity index (χ2v) is 9.97. The van der Waals surface area contributed by atoms with E-state index in [1.54, 1.807) is 30.3 Å². The highest BCUT2D eigenvalue weighted by Gasteiger charge is 2.26. The number of hydrogen-bond donors (Lipinski definition) is 0. The lowest BCUT2D eigenvalue weighted by Gasteiger charge is -2.25. The Morgan fingerprint density at radius 1 is 1.24 bits per heavy atom. The molecule has 0 bridgehead atoms. The summed E-state index contributed by atoms with van der Waals surface area (Å²) in [6, 6.07) is 8.29. The number of thioether (sulfide) groups is 2. The molecule has 2 heterocycles. The minimum atomic E-state index is -3.57. The number of benzene rings is 1. The highest BCUT2D eigenvalue weighted by molar-refractivity contribution is 7.99. The zero-order chi connectivity index (χ0) is 20.9. The molecular weight excluding hydrogens is 442 g/mol. The SMILES string of the molecule is COc1cc(CSc2ccc(S(=O)(=O)N3CCOCC3)cn2)ccc1SC(F)F. The molecule has 0 aliphatic carbocycles. The molecule has 1 aliphatic rings. The molecule has 0 N–H and O–H groups in total. The Morgan fingerprint density at radius 3 is 2.62 bits per heavy atom. The Balaban J connectivity index is 1.64. The lowest BCUT2D eigenvalue weighted by molar-refractivity contribution is 0.0730. The van der Waals surface area contributed by atoms with E-state index in [-0.39, 0.29) is 4.90 Å². The van der Waals surface area contributed by atoms with Crippen LogP contribution in [0.5, 0.6) is 5.75 Å². The molecule has 0 saturated carbocycles. The molecule has 0 unspecified atom stereocenters. The summed E-state index contributed by atoms with van der Waals surface area (Å²) in [6.45, 7) is 1.44. The van der Waals surface area contributed by atoms with Crippen LogP contribution in [0, 0.1) is 0 Å². The topological polar surface area (TPSA) is 68.7 Å². The van der Waals surface area contributed by atoms with Crippen molar-refractivity contribution in [1.29, 1.82) is 0 Å². The summed E-state index contributed by atoms with van der Waals surface area (Å²) in [5.74, 6) is -1.58. The van der Waals surface area contributed by atoms with E-state index in [1.807, 2.05) is 0 Å². The monoisotopic (exact) mass is 462 g/mol. The van der Waals surface area contributed by atoms with Gasteiger partial charge < -0.3 is 9.47 Å². The van der Waals surface area contributed by atoms with Crippen molar-refractivity contribution in [3.8, 4) is 5.75 Å². The predicted octanol–water partition coefficient (Wildman–Crippen LogP) is 3.72. The lowest BCUT2D eigenvalue weighted by Crippen LogP contribution is -2.40. The van der Waals surface area contributed by atoms with Gasteiger partial charge in [0.25, 0.3) is 5.76 Å². The van der Waals surface area contributed by atoms with Gasteiger partial charge in [-0.25, -0.2) is 13.4 Å². The number of morpholine rings is 1. The quantitative estimate of drug-likeness (QED) is 0.554. The predicted molar refractivity (Wildman–Crippen MR) is 108 cm³/mol. The van der Waals surface area contributed by atoms with Crippen molar-refractivity contribution in [3.05, 3.63) is 42.1 Å². The Kier molecular flexibility index (Phi) is 7.74. The molecule has 0 amide bonds. The summed E-state index contributed by atoms with van der Waals surface area (Å²) < 4.78 is 62.2. The van der Waals surface area contributed by atoms with Gasteiger partial charge >= 0.3 is 0 Å². The number of nitrogens with zero attached hydrogens (tertiary/aromatic N) is 2. The van der Waals surface area contributed by atoms with Crippen LogP contribution in [0.1, 0.15) is 5.56 Å². The van der Waals surface area contributed by atoms with Crippen molar-refractivity contribution < 1.29 is 26.7 Å². The fourth-order valence-corrected chi connectivity index (χ4v) is 5.43. The average Bonchev–Trinajstić information content (AvgIpc) is 2.73. The Bertz CT molecular complexity index is 921. The zero-order valence-corrected chi connectivity index (χ0v) is 18.0. The van der Waals surface area contributed by atoms with Crippen LogP contribution in [0.4, 0.5) is 8.78 Å². The van der Waals surface area contributed by atoms with Crippen molar-refractivity contribution in [2.45, 2.75) is 26.3 Å². The number of rotatable bonds is 8. The first-order valence-electron chi connectivity index (χ1n) is 8.68. The number of pyridine rings is 1. The second-order valence-electron chi connectivity index (χ2n) is 6.00. The minimum absolute atomic E-state index is 0.152. The van der Waals surface area contributed by atoms with Gasteiger partial charge in [0.15, 0.2) is 0 Å². The Morgan fingerprint density at radius 2 is 2.00 bits per heavy atom. The van der Waals surface area contributed by atoms with Crippen molar-refractivity contribution in [3.63, 3.8) is 0 Å². The average molecular weight is 463 g/mol. The van der Waals surface area contributed by atoms with Gasteiger partial charge in [-0.2, -0.15) is 13.1 Å². The van der Waals surface area contributed by atoms with Gasteiger partial charge in [0.2, 0.25) is 10.0 Å². The van der Waals surface area contributed by atoms with E-state index in [9.17, 15) is 17.2 Å². The van der Waals surface area contributed by atoms with Gasteiger partial charge in [-0.3, -0.25) is 0 Å². The molecule has 29 heavy (non-hydrogen) atoms. The smallest absolute Gasteiger partial charge is 0.289 e. The van der Waals surface area contributed by atoms with Crippen molar-refractivity contribution in [2.75, 3.05) is 33.4 Å². The molecule has 0 spiro atoms. The number of methoxy groups -OCH3 is 1. The Hall–Kier alpha value is -1.40. The second kappa shape index (κ2) is 10.1. The largest absolute Gasteiger partial charge is 0.496 e. The molecule has 0 atom stereocenters. The van der Waals surface area contributed by atoms with E-state index in [0.29, 0.717) is 59.5 Å². The van der Waals surface area contributed by atoms with Crippen molar-refractivity contribution in [1.82, 2.24) is 9.29 Å². The number of hydrogen-bond acceptors (Lipinski definition) is 7. The minimum Gasteiger partial charge on any atom is -0.496 e. The third-order valence-electron chi connectivity index (χ3n) is 4.15. The molecule has 2 aromatic rings. The molecule has 3 rings (SSSR count). The highest BCUT2D eigenvalue weighted by Crippen LogP contribution is 2.35. The van der Waals surface area contributed by atoms with Crippen LogP contribution in [0.25, 0.3) is 0 Å². The van der Waals surface area contributed by atoms with Crippen LogP contribution in [0.15, 0.2) is 51.3 Å². The molecule has 0 radical (unpaired) electrons. The third kappa shape index (κ3) is 5.82. The van der Waals surface area contributed by atoms with Crippen LogP contribution in [0.2, 0.25) is 0 Å². The molecule has 1 aliphatic heterocycles. The van der Waals surface area contributed by atoms with Crippen LogP contribution >= 0.6 is 23.5 Å². The standard InChI is InChI=1S/C18H20F2N2O4S3/c1-25-15-10-13(2-4-16(15)28-18(19)20)12-27-17-5-3-14(11-21-17)29(23,24)22-6-8-26-9-7-22/h2-5,10-11,18H,6-9,12H2,1H3.